The summed E-state index contributed by atoms with van der Waals surface area (Å²) in [7, 11) is 0. The molecule has 0 saturated carbocycles. The van der Waals surface area contributed by atoms with E-state index in [2.05, 4.69) is 25.9 Å². The van der Waals surface area contributed by atoms with Gasteiger partial charge in [-0.25, -0.2) is 9.07 Å². The number of halogens is 2. The molecule has 2 bridgehead atoms. The van der Waals surface area contributed by atoms with Crippen LogP contribution in [0, 0.1) is 18.7 Å². The molecule has 0 aliphatic carbocycles. The Labute approximate surface area is 235 Å². The molecule has 1 aliphatic heterocycles. The lowest BCUT2D eigenvalue weighted by molar-refractivity contribution is -0.119. The van der Waals surface area contributed by atoms with Crippen LogP contribution in [0.1, 0.15) is 60.5 Å². The van der Waals surface area contributed by atoms with Gasteiger partial charge >= 0.3 is 0 Å². The van der Waals surface area contributed by atoms with Crippen LogP contribution >= 0.6 is 11.6 Å². The van der Waals surface area contributed by atoms with Crippen molar-refractivity contribution in [1.82, 2.24) is 25.3 Å². The molecule has 1 aliphatic rings. The van der Waals surface area contributed by atoms with Gasteiger partial charge in [0.1, 0.15) is 5.69 Å². The molecule has 9 nitrogen and oxygen atoms in total. The highest BCUT2D eigenvalue weighted by Gasteiger charge is 2.25. The Balaban J connectivity index is 1.48. The highest BCUT2D eigenvalue weighted by Crippen LogP contribution is 2.33. The van der Waals surface area contributed by atoms with Crippen LogP contribution in [0.15, 0.2) is 54.7 Å². The number of nitrogen functional groups attached to an aromatic ring is 1. The Kier molecular flexibility index (Phi) is 7.79. The second-order valence-electron chi connectivity index (χ2n) is 9.98. The number of amides is 2. The number of hydrogen-bond donors (Lipinski definition) is 3. The van der Waals surface area contributed by atoms with Gasteiger partial charge < -0.3 is 16.4 Å². The average Bonchev–Trinajstić information content (AvgIpc) is 3.32. The minimum absolute atomic E-state index is 0.0520. The minimum Gasteiger partial charge on any atom is -0.399 e. The molecule has 0 fully saturated rings. The Morgan fingerprint density at radius 3 is 2.80 bits per heavy atom. The molecule has 206 valence electrons. The summed E-state index contributed by atoms with van der Waals surface area (Å²) in [6.45, 7) is 3.54. The maximum Gasteiger partial charge on any atom is 0.274 e. The predicted molar refractivity (Wildman–Crippen MR) is 152 cm³/mol. The summed E-state index contributed by atoms with van der Waals surface area (Å²) in [6, 6.07) is 13.3. The van der Waals surface area contributed by atoms with Crippen LogP contribution in [-0.4, -0.2) is 31.8 Å². The minimum atomic E-state index is -0.649. The molecule has 40 heavy (non-hydrogen) atoms. The lowest BCUT2D eigenvalue weighted by atomic mass is 9.98. The van der Waals surface area contributed by atoms with Crippen LogP contribution in [-0.2, 0) is 4.79 Å². The second kappa shape index (κ2) is 11.4. The van der Waals surface area contributed by atoms with Crippen molar-refractivity contribution in [3.63, 3.8) is 0 Å². The predicted octanol–water partition coefficient (Wildman–Crippen LogP) is 5.63. The second-order valence-corrected chi connectivity index (χ2v) is 10.4. The van der Waals surface area contributed by atoms with E-state index >= 15 is 0 Å². The molecule has 2 atom stereocenters. The molecule has 4 aromatic rings. The van der Waals surface area contributed by atoms with E-state index in [0.717, 1.165) is 24.0 Å². The van der Waals surface area contributed by atoms with Gasteiger partial charge in [0.15, 0.2) is 11.5 Å². The van der Waals surface area contributed by atoms with Gasteiger partial charge in [-0.3, -0.25) is 14.6 Å². The van der Waals surface area contributed by atoms with E-state index in [-0.39, 0.29) is 28.2 Å². The summed E-state index contributed by atoms with van der Waals surface area (Å²) in [5, 5.41) is 14.1. The number of anilines is 2. The fourth-order valence-electron chi connectivity index (χ4n) is 4.85. The van der Waals surface area contributed by atoms with Crippen molar-refractivity contribution in [3.8, 4) is 16.8 Å². The maximum absolute atomic E-state index is 14.6. The highest BCUT2D eigenvalue weighted by atomic mass is 35.5. The first-order valence-corrected chi connectivity index (χ1v) is 13.4. The molecule has 2 amide bonds. The van der Waals surface area contributed by atoms with Gasteiger partial charge in [0, 0.05) is 23.4 Å². The quantitative estimate of drug-likeness (QED) is 0.278. The number of pyridine rings is 1. The molecule has 4 N–H and O–H groups in total. The zero-order valence-electron chi connectivity index (χ0n) is 22.1. The van der Waals surface area contributed by atoms with Gasteiger partial charge in [0.25, 0.3) is 5.91 Å². The number of carbonyl (C=O) groups is 2. The van der Waals surface area contributed by atoms with E-state index in [0.29, 0.717) is 35.6 Å². The topological polar surface area (TPSA) is 128 Å². The van der Waals surface area contributed by atoms with Crippen molar-refractivity contribution < 1.29 is 14.0 Å². The van der Waals surface area contributed by atoms with Crippen LogP contribution in [0.3, 0.4) is 0 Å². The normalized spacial score (nSPS) is 17.6. The SMILES string of the molecule is Cc1c(C(=O)N[C@H]2CCCC[C@@H](C)C(=O)Nc3cc(N)ccc3-c3ccnc2c3)nnn1-c1cccc(Cl)c1F. The number of fused-ring (bicyclic) bond motifs is 4. The van der Waals surface area contributed by atoms with E-state index in [9.17, 15) is 14.0 Å². The fourth-order valence-corrected chi connectivity index (χ4v) is 5.02. The molecule has 0 saturated heterocycles. The van der Waals surface area contributed by atoms with Crippen molar-refractivity contribution in [1.29, 1.82) is 0 Å². The van der Waals surface area contributed by atoms with E-state index < -0.39 is 17.8 Å². The standard InChI is InChI=1S/C29H29ClFN7O2/c1-16-6-3-4-8-22(24-14-18(12-13-33-24)20-11-10-19(32)15-23(20)35-28(16)39)34-29(40)27-17(2)38(37-36-27)25-9-5-7-21(30)26(25)31/h5,7,9-16,22H,3-4,6,8,32H2,1-2H3,(H,34,40)(H,35,39)/t16-,22+/m1/s1. The van der Waals surface area contributed by atoms with Gasteiger partial charge in [-0.2, -0.15) is 0 Å². The summed E-state index contributed by atoms with van der Waals surface area (Å²) in [4.78, 5) is 30.9. The molecule has 3 heterocycles. The third-order valence-corrected chi connectivity index (χ3v) is 7.44. The first kappa shape index (κ1) is 27.3. The van der Waals surface area contributed by atoms with E-state index in [4.69, 9.17) is 17.3 Å². The first-order chi connectivity index (χ1) is 19.2. The number of carbonyl (C=O) groups excluding carboxylic acids is 2. The summed E-state index contributed by atoms with van der Waals surface area (Å²) in [6.07, 6.45) is 4.51. The van der Waals surface area contributed by atoms with Crippen molar-refractivity contribution in [2.45, 2.75) is 45.6 Å². The zero-order valence-corrected chi connectivity index (χ0v) is 22.9. The molecule has 2 aromatic heterocycles. The van der Waals surface area contributed by atoms with Gasteiger partial charge in [-0.1, -0.05) is 48.7 Å². The highest BCUT2D eigenvalue weighted by molar-refractivity contribution is 6.30. The number of rotatable bonds is 3. The fraction of sp³-hybridized carbons (Fsp3) is 0.276. The molecular weight excluding hydrogens is 533 g/mol. The number of nitrogens with two attached hydrogens (primary N) is 1. The van der Waals surface area contributed by atoms with Crippen molar-refractivity contribution >= 4 is 34.8 Å². The van der Waals surface area contributed by atoms with Crippen LogP contribution in [0.25, 0.3) is 16.8 Å². The van der Waals surface area contributed by atoms with Crippen molar-refractivity contribution in [2.75, 3.05) is 11.1 Å². The Hall–Kier alpha value is -4.31. The molecular formula is C29H29ClFN7O2. The first-order valence-electron chi connectivity index (χ1n) is 13.1. The van der Waals surface area contributed by atoms with Gasteiger partial charge in [0.05, 0.1) is 28.1 Å². The number of nitrogens with zero attached hydrogens (tertiary/aromatic N) is 4. The maximum atomic E-state index is 14.6. The molecule has 5 rings (SSSR count). The third-order valence-electron chi connectivity index (χ3n) is 7.15. The molecule has 0 unspecified atom stereocenters. The van der Waals surface area contributed by atoms with Gasteiger partial charge in [-0.15, -0.1) is 5.10 Å². The van der Waals surface area contributed by atoms with E-state index in [1.807, 2.05) is 25.1 Å². The number of benzene rings is 2. The zero-order chi connectivity index (χ0) is 28.4. The Bertz CT molecular complexity index is 1590. The van der Waals surface area contributed by atoms with E-state index in [1.165, 1.54) is 16.8 Å². The van der Waals surface area contributed by atoms with Crippen molar-refractivity contribution in [2.24, 2.45) is 5.92 Å². The average molecular weight is 562 g/mol. The van der Waals surface area contributed by atoms with Crippen LogP contribution in [0.5, 0.6) is 0 Å². The number of nitrogens with one attached hydrogen (secondary N) is 2. The van der Waals surface area contributed by atoms with Crippen molar-refractivity contribution in [3.05, 3.63) is 82.6 Å². The van der Waals surface area contributed by atoms with Crippen LogP contribution < -0.4 is 16.4 Å². The third kappa shape index (κ3) is 5.53. The van der Waals surface area contributed by atoms with E-state index in [1.54, 1.807) is 31.3 Å². The lowest BCUT2D eigenvalue weighted by Crippen LogP contribution is -2.30. The summed E-state index contributed by atoms with van der Waals surface area (Å²) in [5.41, 5.74) is 10.0. The molecule has 2 aromatic carbocycles. The summed E-state index contributed by atoms with van der Waals surface area (Å²) < 4.78 is 15.9. The monoisotopic (exact) mass is 561 g/mol. The summed E-state index contributed by atoms with van der Waals surface area (Å²) >= 11 is 5.94. The molecule has 0 radical (unpaired) electrons. The lowest BCUT2D eigenvalue weighted by Gasteiger charge is -2.19. The largest absolute Gasteiger partial charge is 0.399 e. The smallest absolute Gasteiger partial charge is 0.274 e. The molecule has 11 heteroatoms. The molecule has 0 spiro atoms. The Morgan fingerprint density at radius 2 is 1.98 bits per heavy atom. The number of hydrogen-bond acceptors (Lipinski definition) is 6. The summed E-state index contributed by atoms with van der Waals surface area (Å²) in [5.74, 6) is -1.37. The van der Waals surface area contributed by atoms with Gasteiger partial charge in [0.2, 0.25) is 5.91 Å². The number of aromatic nitrogens is 4. The Morgan fingerprint density at radius 1 is 1.18 bits per heavy atom. The van der Waals surface area contributed by atoms with Crippen LogP contribution in [0.4, 0.5) is 15.8 Å². The van der Waals surface area contributed by atoms with Gasteiger partial charge in [-0.05, 0) is 61.7 Å². The van der Waals surface area contributed by atoms with Crippen LogP contribution in [0.2, 0.25) is 5.02 Å².